The van der Waals surface area contributed by atoms with Gasteiger partial charge < -0.3 is 5.32 Å². The van der Waals surface area contributed by atoms with Crippen LogP contribution in [0.25, 0.3) is 0 Å². The Morgan fingerprint density at radius 1 is 1.28 bits per heavy atom. The lowest BCUT2D eigenvalue weighted by Crippen LogP contribution is -2.35. The molecule has 0 heterocycles. The van der Waals surface area contributed by atoms with Crippen molar-refractivity contribution in [2.75, 3.05) is 0 Å². The van der Waals surface area contributed by atoms with Crippen LogP contribution in [-0.2, 0) is 6.54 Å². The average Bonchev–Trinajstić information content (AvgIpc) is 2.99. The molecule has 1 fully saturated rings. The zero-order valence-corrected chi connectivity index (χ0v) is 12.4. The van der Waals surface area contributed by atoms with Crippen LogP contribution in [0.1, 0.15) is 25.3 Å². The van der Waals surface area contributed by atoms with Gasteiger partial charge in [-0.15, -0.1) is 0 Å². The first-order valence-electron chi connectivity index (χ1n) is 6.89. The predicted molar refractivity (Wildman–Crippen MR) is 79.3 cm³/mol. The minimum atomic E-state index is 0.608. The van der Waals surface area contributed by atoms with E-state index in [2.05, 4.69) is 64.6 Å². The van der Waals surface area contributed by atoms with E-state index in [9.17, 15) is 0 Å². The summed E-state index contributed by atoms with van der Waals surface area (Å²) in [4.78, 5) is 0. The van der Waals surface area contributed by atoms with Gasteiger partial charge in [-0.25, -0.2) is 0 Å². The molecule has 1 aromatic carbocycles. The first-order valence-corrected chi connectivity index (χ1v) is 7.68. The molecular formula is C16H20BrN. The first-order chi connectivity index (χ1) is 8.74. The summed E-state index contributed by atoms with van der Waals surface area (Å²) in [5, 5.41) is 3.70. The molecule has 1 N–H and O–H groups in total. The lowest BCUT2D eigenvalue weighted by atomic mass is 9.87. The van der Waals surface area contributed by atoms with Crippen molar-refractivity contribution in [3.8, 4) is 0 Å². The Hall–Kier alpha value is -0.600. The smallest absolute Gasteiger partial charge is 0.0220 e. The van der Waals surface area contributed by atoms with Gasteiger partial charge in [0.05, 0.1) is 0 Å². The summed E-state index contributed by atoms with van der Waals surface area (Å²) in [5.41, 5.74) is 1.35. The maximum atomic E-state index is 3.70. The van der Waals surface area contributed by atoms with Crippen LogP contribution in [0.3, 0.4) is 0 Å². The highest BCUT2D eigenvalue weighted by atomic mass is 79.9. The van der Waals surface area contributed by atoms with E-state index < -0.39 is 0 Å². The van der Waals surface area contributed by atoms with Gasteiger partial charge in [-0.3, -0.25) is 0 Å². The average molecular weight is 306 g/mol. The molecule has 4 unspecified atom stereocenters. The van der Waals surface area contributed by atoms with Gasteiger partial charge in [-0.2, -0.15) is 0 Å². The van der Waals surface area contributed by atoms with Gasteiger partial charge in [-0.1, -0.05) is 46.3 Å². The van der Waals surface area contributed by atoms with Crippen LogP contribution in [0.5, 0.6) is 0 Å². The second-order valence-corrected chi connectivity index (χ2v) is 6.56. The van der Waals surface area contributed by atoms with Crippen molar-refractivity contribution < 1.29 is 0 Å². The molecular weight excluding hydrogens is 286 g/mol. The fourth-order valence-corrected chi connectivity index (χ4v) is 3.89. The molecule has 0 aromatic heterocycles. The second kappa shape index (κ2) is 5.18. The van der Waals surface area contributed by atoms with Crippen molar-refractivity contribution in [3.63, 3.8) is 0 Å². The van der Waals surface area contributed by atoms with E-state index in [1.165, 1.54) is 22.9 Å². The summed E-state index contributed by atoms with van der Waals surface area (Å²) in [5.74, 6) is 2.53. The molecule has 0 amide bonds. The number of benzene rings is 1. The number of allylic oxidation sites excluding steroid dienone is 2. The number of hydrogen-bond donors (Lipinski definition) is 1. The first kappa shape index (κ1) is 12.4. The third-order valence-corrected chi connectivity index (χ3v) is 5.32. The highest BCUT2D eigenvalue weighted by Gasteiger charge is 2.38. The molecule has 2 bridgehead atoms. The lowest BCUT2D eigenvalue weighted by molar-refractivity contribution is 0.326. The van der Waals surface area contributed by atoms with Crippen molar-refractivity contribution in [1.29, 1.82) is 0 Å². The summed E-state index contributed by atoms with van der Waals surface area (Å²) in [6, 6.07) is 9.08. The summed E-state index contributed by atoms with van der Waals surface area (Å²) < 4.78 is 1.21. The Kier molecular flexibility index (Phi) is 3.58. The zero-order valence-electron chi connectivity index (χ0n) is 10.8. The van der Waals surface area contributed by atoms with E-state index in [1.54, 1.807) is 0 Å². The quantitative estimate of drug-likeness (QED) is 0.824. The summed E-state index contributed by atoms with van der Waals surface area (Å²) in [7, 11) is 0. The van der Waals surface area contributed by atoms with E-state index >= 15 is 0 Å². The Morgan fingerprint density at radius 3 is 2.78 bits per heavy atom. The van der Waals surface area contributed by atoms with Crippen molar-refractivity contribution >= 4 is 15.9 Å². The molecule has 1 aromatic rings. The van der Waals surface area contributed by atoms with Crippen LogP contribution >= 0.6 is 15.9 Å². The number of rotatable bonds is 4. The molecule has 3 rings (SSSR count). The zero-order chi connectivity index (χ0) is 12.5. The Bertz CT molecular complexity index is 454. The van der Waals surface area contributed by atoms with Gasteiger partial charge in [0, 0.05) is 17.1 Å². The summed E-state index contributed by atoms with van der Waals surface area (Å²) >= 11 is 3.61. The summed E-state index contributed by atoms with van der Waals surface area (Å²) in [6.45, 7) is 3.30. The largest absolute Gasteiger partial charge is 0.310 e. The number of halogens is 1. The van der Waals surface area contributed by atoms with E-state index in [1.807, 2.05) is 0 Å². The molecule has 0 saturated heterocycles. The molecule has 1 saturated carbocycles. The van der Waals surface area contributed by atoms with Crippen molar-refractivity contribution in [2.45, 2.75) is 32.4 Å². The van der Waals surface area contributed by atoms with Gasteiger partial charge in [-0.05, 0) is 49.1 Å². The number of nitrogens with one attached hydrogen (secondary N) is 1. The van der Waals surface area contributed by atoms with Crippen LogP contribution in [-0.4, -0.2) is 6.04 Å². The molecule has 2 aliphatic carbocycles. The maximum Gasteiger partial charge on any atom is 0.0220 e. The third-order valence-electron chi connectivity index (χ3n) is 4.54. The molecule has 0 spiro atoms. The van der Waals surface area contributed by atoms with E-state index in [0.717, 1.165) is 24.3 Å². The normalized spacial score (nSPS) is 30.9. The van der Waals surface area contributed by atoms with Crippen LogP contribution in [0.15, 0.2) is 40.9 Å². The molecule has 0 radical (unpaired) electrons. The van der Waals surface area contributed by atoms with Crippen LogP contribution in [0.2, 0.25) is 0 Å². The van der Waals surface area contributed by atoms with Gasteiger partial charge >= 0.3 is 0 Å². The van der Waals surface area contributed by atoms with Crippen molar-refractivity contribution in [2.24, 2.45) is 17.8 Å². The molecule has 2 heteroatoms. The van der Waals surface area contributed by atoms with Crippen LogP contribution in [0.4, 0.5) is 0 Å². The minimum Gasteiger partial charge on any atom is -0.310 e. The minimum absolute atomic E-state index is 0.608. The standard InChI is InChI=1S/C16H20BrN/c1-11(15-9-12-6-7-13(15)8-12)18-10-14-4-2-3-5-16(14)17/h2-7,11-13,15,18H,8-10H2,1H3. The van der Waals surface area contributed by atoms with Crippen molar-refractivity contribution in [1.82, 2.24) is 5.32 Å². The topological polar surface area (TPSA) is 12.0 Å². The highest BCUT2D eigenvalue weighted by molar-refractivity contribution is 9.10. The Morgan fingerprint density at radius 2 is 2.11 bits per heavy atom. The Labute approximate surface area is 118 Å². The van der Waals surface area contributed by atoms with Crippen molar-refractivity contribution in [3.05, 3.63) is 46.5 Å². The molecule has 0 aliphatic heterocycles. The van der Waals surface area contributed by atoms with Gasteiger partial charge in [0.1, 0.15) is 0 Å². The molecule has 96 valence electrons. The fraction of sp³-hybridized carbons (Fsp3) is 0.500. The number of fused-ring (bicyclic) bond motifs is 2. The van der Waals surface area contributed by atoms with E-state index in [-0.39, 0.29) is 0 Å². The monoisotopic (exact) mass is 305 g/mol. The fourth-order valence-electron chi connectivity index (χ4n) is 3.46. The highest BCUT2D eigenvalue weighted by Crippen LogP contribution is 2.44. The van der Waals surface area contributed by atoms with Gasteiger partial charge in [0.2, 0.25) is 0 Å². The van der Waals surface area contributed by atoms with Crippen LogP contribution in [0, 0.1) is 17.8 Å². The molecule has 1 nitrogen and oxygen atoms in total. The maximum absolute atomic E-state index is 3.70. The SMILES string of the molecule is CC(NCc1ccccc1Br)C1CC2C=CC1C2. The second-order valence-electron chi connectivity index (χ2n) is 5.71. The van der Waals surface area contributed by atoms with Gasteiger partial charge in [0.15, 0.2) is 0 Å². The molecule has 2 aliphatic rings. The van der Waals surface area contributed by atoms with E-state index in [0.29, 0.717) is 6.04 Å². The predicted octanol–water partition coefficient (Wildman–Crippen LogP) is 4.14. The number of hydrogen-bond acceptors (Lipinski definition) is 1. The third kappa shape index (κ3) is 2.41. The van der Waals surface area contributed by atoms with Gasteiger partial charge in [0.25, 0.3) is 0 Å². The summed E-state index contributed by atoms with van der Waals surface area (Å²) in [6.07, 6.45) is 7.63. The van der Waals surface area contributed by atoms with E-state index in [4.69, 9.17) is 0 Å². The molecule has 18 heavy (non-hydrogen) atoms. The Balaban J connectivity index is 1.57. The molecule has 4 atom stereocenters. The lowest BCUT2D eigenvalue weighted by Gasteiger charge is -2.26. The van der Waals surface area contributed by atoms with Crippen LogP contribution < -0.4 is 5.32 Å².